The standard InChI is InChI=1S/C24H22FNO2/c1-2-28-22(27)24(25)23(20-14-8-4-9-15-20,21-16-10-5-11-17-21)26(24)18-19-12-6-3-7-13-19/h3-17H,2,18H2,1H3. The van der Waals surface area contributed by atoms with Gasteiger partial charge in [-0.2, -0.15) is 0 Å². The molecule has 1 saturated heterocycles. The summed E-state index contributed by atoms with van der Waals surface area (Å²) in [5.41, 5.74) is 1.17. The van der Waals surface area contributed by atoms with E-state index in [1.807, 2.05) is 91.0 Å². The van der Waals surface area contributed by atoms with E-state index in [1.165, 1.54) is 0 Å². The van der Waals surface area contributed by atoms with Crippen molar-refractivity contribution in [1.29, 1.82) is 0 Å². The van der Waals surface area contributed by atoms with Crippen LogP contribution in [0, 0.1) is 0 Å². The van der Waals surface area contributed by atoms with Gasteiger partial charge in [0.1, 0.15) is 5.54 Å². The first kappa shape index (κ1) is 18.4. The van der Waals surface area contributed by atoms with Gasteiger partial charge in [0.2, 0.25) is 0 Å². The van der Waals surface area contributed by atoms with Crippen LogP contribution in [0.1, 0.15) is 23.6 Å². The third-order valence-electron chi connectivity index (χ3n) is 5.32. The predicted octanol–water partition coefficient (Wildman–Crippen LogP) is 4.67. The maximum absolute atomic E-state index is 16.6. The predicted molar refractivity (Wildman–Crippen MR) is 106 cm³/mol. The number of carbonyl (C=O) groups is 1. The molecule has 0 spiro atoms. The number of hydrogen-bond acceptors (Lipinski definition) is 3. The second kappa shape index (κ2) is 7.21. The van der Waals surface area contributed by atoms with Gasteiger partial charge >= 0.3 is 5.97 Å². The molecule has 3 aromatic rings. The second-order valence-electron chi connectivity index (χ2n) is 6.86. The number of nitrogens with zero attached hydrogens (tertiary/aromatic N) is 1. The van der Waals surface area contributed by atoms with E-state index in [1.54, 1.807) is 11.8 Å². The molecule has 0 radical (unpaired) electrons. The molecule has 3 aromatic carbocycles. The monoisotopic (exact) mass is 375 g/mol. The van der Waals surface area contributed by atoms with Crippen molar-refractivity contribution in [3.05, 3.63) is 108 Å². The molecule has 2 unspecified atom stereocenters. The van der Waals surface area contributed by atoms with Crippen LogP contribution in [0.25, 0.3) is 0 Å². The Hall–Kier alpha value is -2.98. The lowest BCUT2D eigenvalue weighted by molar-refractivity contribution is -0.154. The van der Waals surface area contributed by atoms with E-state index in [4.69, 9.17) is 4.74 Å². The minimum Gasteiger partial charge on any atom is -0.463 e. The van der Waals surface area contributed by atoms with Gasteiger partial charge in [0.25, 0.3) is 5.79 Å². The first-order chi connectivity index (χ1) is 13.7. The minimum absolute atomic E-state index is 0.128. The summed E-state index contributed by atoms with van der Waals surface area (Å²) in [6.45, 7) is 2.11. The molecular formula is C24H22FNO2. The van der Waals surface area contributed by atoms with Crippen molar-refractivity contribution in [3.63, 3.8) is 0 Å². The molecular weight excluding hydrogens is 353 g/mol. The number of ether oxygens (including phenoxy) is 1. The lowest BCUT2D eigenvalue weighted by Gasteiger charge is -2.19. The van der Waals surface area contributed by atoms with E-state index >= 15 is 4.39 Å². The Kier molecular flexibility index (Phi) is 4.73. The van der Waals surface area contributed by atoms with E-state index in [0.717, 1.165) is 16.7 Å². The molecule has 0 bridgehead atoms. The van der Waals surface area contributed by atoms with Gasteiger partial charge in [-0.05, 0) is 23.6 Å². The van der Waals surface area contributed by atoms with E-state index in [9.17, 15) is 4.79 Å². The first-order valence-electron chi connectivity index (χ1n) is 9.44. The van der Waals surface area contributed by atoms with Crippen LogP contribution >= 0.6 is 0 Å². The number of alkyl halides is 1. The van der Waals surface area contributed by atoms with Gasteiger partial charge in [-0.25, -0.2) is 14.1 Å². The molecule has 2 atom stereocenters. The number of hydrogen-bond donors (Lipinski definition) is 0. The van der Waals surface area contributed by atoms with Crippen molar-refractivity contribution in [3.8, 4) is 0 Å². The van der Waals surface area contributed by atoms with Crippen LogP contribution in [-0.4, -0.2) is 23.3 Å². The number of carbonyl (C=O) groups excluding carboxylic acids is 1. The van der Waals surface area contributed by atoms with Gasteiger partial charge < -0.3 is 4.74 Å². The fourth-order valence-electron chi connectivity index (χ4n) is 4.08. The number of halogens is 1. The highest BCUT2D eigenvalue weighted by atomic mass is 19.2. The maximum Gasteiger partial charge on any atom is 0.362 e. The lowest BCUT2D eigenvalue weighted by Crippen LogP contribution is -2.31. The zero-order valence-electron chi connectivity index (χ0n) is 15.7. The molecule has 0 saturated carbocycles. The smallest absolute Gasteiger partial charge is 0.362 e. The summed E-state index contributed by atoms with van der Waals surface area (Å²) in [5.74, 6) is -3.12. The SMILES string of the molecule is CCOC(=O)C1(F)N(Cc2ccccc2)C1(c1ccccc1)c1ccccc1. The van der Waals surface area contributed by atoms with Crippen LogP contribution in [0.3, 0.4) is 0 Å². The zero-order chi connectivity index (χ0) is 19.6. The maximum atomic E-state index is 16.6. The van der Waals surface area contributed by atoms with Crippen molar-refractivity contribution in [2.45, 2.75) is 24.8 Å². The van der Waals surface area contributed by atoms with Crippen LogP contribution in [-0.2, 0) is 21.6 Å². The molecule has 3 nitrogen and oxygen atoms in total. The highest BCUT2D eigenvalue weighted by Crippen LogP contribution is 2.65. The molecule has 142 valence electrons. The number of rotatable bonds is 6. The van der Waals surface area contributed by atoms with Crippen LogP contribution < -0.4 is 0 Å². The van der Waals surface area contributed by atoms with E-state index in [0.29, 0.717) is 6.54 Å². The summed E-state index contributed by atoms with van der Waals surface area (Å²) in [4.78, 5) is 14.4. The summed E-state index contributed by atoms with van der Waals surface area (Å²) in [5, 5.41) is 0. The van der Waals surface area contributed by atoms with Crippen molar-refractivity contribution in [1.82, 2.24) is 4.90 Å². The molecule has 28 heavy (non-hydrogen) atoms. The summed E-state index contributed by atoms with van der Waals surface area (Å²) in [6, 6.07) is 28.3. The number of esters is 1. The summed E-state index contributed by atoms with van der Waals surface area (Å²) in [6.07, 6.45) is 0. The van der Waals surface area contributed by atoms with Gasteiger partial charge in [-0.15, -0.1) is 0 Å². The molecule has 4 heteroatoms. The highest BCUT2D eigenvalue weighted by molar-refractivity contribution is 5.88. The van der Waals surface area contributed by atoms with Crippen LogP contribution in [0.4, 0.5) is 4.39 Å². The quantitative estimate of drug-likeness (QED) is 0.356. The number of benzene rings is 3. The van der Waals surface area contributed by atoms with Crippen molar-refractivity contribution >= 4 is 5.97 Å². The molecule has 0 aromatic heterocycles. The molecule has 0 aliphatic carbocycles. The van der Waals surface area contributed by atoms with Crippen LogP contribution in [0.15, 0.2) is 91.0 Å². The second-order valence-corrected chi connectivity index (χ2v) is 6.86. The third kappa shape index (κ3) is 2.64. The van der Waals surface area contributed by atoms with E-state index < -0.39 is 17.3 Å². The summed E-state index contributed by atoms with van der Waals surface area (Å²) in [7, 11) is 0. The van der Waals surface area contributed by atoms with Crippen LogP contribution in [0.2, 0.25) is 0 Å². The normalized spacial score (nSPS) is 22.4. The average molecular weight is 375 g/mol. The largest absolute Gasteiger partial charge is 0.463 e. The Morgan fingerprint density at radius 3 is 1.79 bits per heavy atom. The van der Waals surface area contributed by atoms with E-state index in [-0.39, 0.29) is 6.61 Å². The Bertz CT molecular complexity index is 907. The van der Waals surface area contributed by atoms with Crippen LogP contribution in [0.5, 0.6) is 0 Å². The van der Waals surface area contributed by atoms with Gasteiger partial charge in [0.15, 0.2) is 0 Å². The Morgan fingerprint density at radius 1 is 0.857 bits per heavy atom. The molecule has 0 N–H and O–H groups in total. The molecule has 4 rings (SSSR count). The van der Waals surface area contributed by atoms with Gasteiger partial charge in [0.05, 0.1) is 6.61 Å². The summed E-state index contributed by atoms with van der Waals surface area (Å²) >= 11 is 0. The topological polar surface area (TPSA) is 29.3 Å². The first-order valence-corrected chi connectivity index (χ1v) is 9.44. The fraction of sp³-hybridized carbons (Fsp3) is 0.208. The third-order valence-corrected chi connectivity index (χ3v) is 5.32. The Morgan fingerprint density at radius 2 is 1.32 bits per heavy atom. The van der Waals surface area contributed by atoms with Crippen molar-refractivity contribution < 1.29 is 13.9 Å². The highest BCUT2D eigenvalue weighted by Gasteiger charge is 2.83. The molecule has 0 amide bonds. The average Bonchev–Trinajstić information content (AvgIpc) is 3.30. The molecule has 1 fully saturated rings. The van der Waals surface area contributed by atoms with E-state index in [2.05, 4.69) is 0 Å². The minimum atomic E-state index is -2.28. The van der Waals surface area contributed by atoms with Gasteiger partial charge in [-0.1, -0.05) is 91.0 Å². The zero-order valence-corrected chi connectivity index (χ0v) is 15.7. The molecule has 1 heterocycles. The molecule has 1 aliphatic heterocycles. The Balaban J connectivity index is 1.89. The Labute approximate surface area is 164 Å². The molecule has 1 aliphatic rings. The van der Waals surface area contributed by atoms with Gasteiger partial charge in [0, 0.05) is 6.54 Å². The summed E-state index contributed by atoms with van der Waals surface area (Å²) < 4.78 is 21.8. The lowest BCUT2D eigenvalue weighted by atomic mass is 9.86. The fourth-order valence-corrected chi connectivity index (χ4v) is 4.08. The van der Waals surface area contributed by atoms with Crippen molar-refractivity contribution in [2.24, 2.45) is 0 Å². The van der Waals surface area contributed by atoms with Gasteiger partial charge in [-0.3, -0.25) is 0 Å². The van der Waals surface area contributed by atoms with Crippen molar-refractivity contribution in [2.75, 3.05) is 6.61 Å².